The van der Waals surface area contributed by atoms with Gasteiger partial charge >= 0.3 is 0 Å². The van der Waals surface area contributed by atoms with Gasteiger partial charge < -0.3 is 10.6 Å². The van der Waals surface area contributed by atoms with Gasteiger partial charge in [0.2, 0.25) is 0 Å². The Kier molecular flexibility index (Phi) is 4.81. The maximum absolute atomic E-state index is 12.3. The van der Waals surface area contributed by atoms with Crippen LogP contribution in [0.3, 0.4) is 0 Å². The summed E-state index contributed by atoms with van der Waals surface area (Å²) in [4.78, 5) is 16.5. The van der Waals surface area contributed by atoms with Crippen molar-refractivity contribution in [1.29, 1.82) is 0 Å². The number of rotatable bonds is 6. The first-order chi connectivity index (χ1) is 11.8. The molecular formula is C17H18N6O. The lowest BCUT2D eigenvalue weighted by molar-refractivity contribution is 0.0946. The van der Waals surface area contributed by atoms with E-state index < -0.39 is 0 Å². The topological polar surface area (TPSA) is 95.6 Å². The third kappa shape index (κ3) is 3.75. The molecule has 0 aliphatic rings. The highest BCUT2D eigenvalue weighted by atomic mass is 16.2. The molecule has 2 heterocycles. The number of aromatic amines is 1. The maximum atomic E-state index is 12.3. The van der Waals surface area contributed by atoms with Gasteiger partial charge in [-0.3, -0.25) is 9.78 Å². The molecule has 1 amide bonds. The van der Waals surface area contributed by atoms with Crippen molar-refractivity contribution in [3.05, 3.63) is 65.6 Å². The van der Waals surface area contributed by atoms with Crippen molar-refractivity contribution in [2.75, 3.05) is 5.32 Å². The SMILES string of the molecule is CCc1ccc(Nc2n[nH]nc2C(=O)NCc2ccccn2)cc1. The molecule has 0 aliphatic heterocycles. The first-order valence-corrected chi connectivity index (χ1v) is 7.71. The van der Waals surface area contributed by atoms with E-state index in [1.807, 2.05) is 42.5 Å². The van der Waals surface area contributed by atoms with Gasteiger partial charge in [0.05, 0.1) is 12.2 Å². The predicted molar refractivity (Wildman–Crippen MR) is 90.9 cm³/mol. The molecule has 7 heteroatoms. The monoisotopic (exact) mass is 322 g/mol. The molecule has 24 heavy (non-hydrogen) atoms. The van der Waals surface area contributed by atoms with Crippen LogP contribution in [0.2, 0.25) is 0 Å². The zero-order valence-corrected chi connectivity index (χ0v) is 13.3. The van der Waals surface area contributed by atoms with Crippen LogP contribution in [0.15, 0.2) is 48.7 Å². The molecule has 0 fully saturated rings. The van der Waals surface area contributed by atoms with Crippen LogP contribution in [0.25, 0.3) is 0 Å². The van der Waals surface area contributed by atoms with E-state index in [1.165, 1.54) is 5.56 Å². The minimum Gasteiger partial charge on any atom is -0.345 e. The minimum absolute atomic E-state index is 0.213. The second kappa shape index (κ2) is 7.36. The first kappa shape index (κ1) is 15.7. The number of benzene rings is 1. The fourth-order valence-corrected chi connectivity index (χ4v) is 2.19. The van der Waals surface area contributed by atoms with Gasteiger partial charge in [0, 0.05) is 11.9 Å². The summed E-state index contributed by atoms with van der Waals surface area (Å²) >= 11 is 0. The minimum atomic E-state index is -0.318. The van der Waals surface area contributed by atoms with Crippen molar-refractivity contribution < 1.29 is 4.79 Å². The van der Waals surface area contributed by atoms with Gasteiger partial charge in [0.25, 0.3) is 5.91 Å². The number of aromatic nitrogens is 4. The van der Waals surface area contributed by atoms with E-state index in [-0.39, 0.29) is 11.6 Å². The van der Waals surface area contributed by atoms with Crippen molar-refractivity contribution in [2.24, 2.45) is 0 Å². The van der Waals surface area contributed by atoms with Gasteiger partial charge in [-0.25, -0.2) is 0 Å². The lowest BCUT2D eigenvalue weighted by Crippen LogP contribution is -2.24. The van der Waals surface area contributed by atoms with E-state index >= 15 is 0 Å². The normalized spacial score (nSPS) is 10.4. The molecule has 0 unspecified atom stereocenters. The van der Waals surface area contributed by atoms with Crippen molar-refractivity contribution in [3.63, 3.8) is 0 Å². The molecule has 1 aromatic carbocycles. The van der Waals surface area contributed by atoms with E-state index in [1.54, 1.807) is 6.20 Å². The van der Waals surface area contributed by atoms with E-state index in [0.717, 1.165) is 17.8 Å². The highest BCUT2D eigenvalue weighted by molar-refractivity contribution is 5.97. The van der Waals surface area contributed by atoms with Gasteiger partial charge in [-0.15, -0.1) is 10.2 Å². The molecule has 0 spiro atoms. The number of hydrogen-bond acceptors (Lipinski definition) is 5. The van der Waals surface area contributed by atoms with Gasteiger partial charge in [0.15, 0.2) is 11.5 Å². The summed E-state index contributed by atoms with van der Waals surface area (Å²) < 4.78 is 0. The Hall–Kier alpha value is -3.22. The number of H-pyrrole nitrogens is 1. The van der Waals surface area contributed by atoms with Crippen molar-refractivity contribution in [3.8, 4) is 0 Å². The van der Waals surface area contributed by atoms with Crippen LogP contribution in [-0.2, 0) is 13.0 Å². The average Bonchev–Trinajstić information content (AvgIpc) is 3.09. The molecule has 7 nitrogen and oxygen atoms in total. The van der Waals surface area contributed by atoms with Crippen LogP contribution in [0.5, 0.6) is 0 Å². The summed E-state index contributed by atoms with van der Waals surface area (Å²) in [5.74, 6) is 0.0693. The van der Waals surface area contributed by atoms with E-state index in [2.05, 4.69) is 38.0 Å². The summed E-state index contributed by atoms with van der Waals surface area (Å²) in [5.41, 5.74) is 3.08. The average molecular weight is 322 g/mol. The Labute approximate surface area is 139 Å². The molecule has 3 aromatic rings. The molecule has 0 aliphatic carbocycles. The van der Waals surface area contributed by atoms with Gasteiger partial charge in [-0.2, -0.15) is 5.21 Å². The molecule has 122 valence electrons. The van der Waals surface area contributed by atoms with Crippen LogP contribution < -0.4 is 10.6 Å². The second-order valence-electron chi connectivity index (χ2n) is 5.20. The Morgan fingerprint density at radius 1 is 1.12 bits per heavy atom. The molecule has 3 rings (SSSR count). The Morgan fingerprint density at radius 2 is 1.96 bits per heavy atom. The molecule has 3 N–H and O–H groups in total. The Balaban J connectivity index is 1.66. The van der Waals surface area contributed by atoms with Crippen LogP contribution in [0, 0.1) is 0 Å². The Morgan fingerprint density at radius 3 is 2.67 bits per heavy atom. The second-order valence-corrected chi connectivity index (χ2v) is 5.20. The summed E-state index contributed by atoms with van der Waals surface area (Å²) in [7, 11) is 0. The number of hydrogen-bond donors (Lipinski definition) is 3. The van der Waals surface area contributed by atoms with Crippen molar-refractivity contribution in [2.45, 2.75) is 19.9 Å². The fourth-order valence-electron chi connectivity index (χ4n) is 2.19. The lowest BCUT2D eigenvalue weighted by Gasteiger charge is -2.06. The van der Waals surface area contributed by atoms with Crippen LogP contribution >= 0.6 is 0 Å². The number of carbonyl (C=O) groups is 1. The van der Waals surface area contributed by atoms with E-state index in [9.17, 15) is 4.79 Å². The van der Waals surface area contributed by atoms with Crippen LogP contribution in [-0.4, -0.2) is 26.3 Å². The summed E-state index contributed by atoms with van der Waals surface area (Å²) in [6, 6.07) is 13.5. The largest absolute Gasteiger partial charge is 0.345 e. The molecule has 0 radical (unpaired) electrons. The van der Waals surface area contributed by atoms with Gasteiger partial charge in [-0.05, 0) is 36.2 Å². The van der Waals surface area contributed by atoms with Crippen LogP contribution in [0.1, 0.15) is 28.7 Å². The Bertz CT molecular complexity index is 797. The molecule has 2 aromatic heterocycles. The van der Waals surface area contributed by atoms with E-state index in [0.29, 0.717) is 12.4 Å². The molecule has 0 saturated heterocycles. The highest BCUT2D eigenvalue weighted by Crippen LogP contribution is 2.17. The zero-order valence-electron chi connectivity index (χ0n) is 13.3. The standard InChI is InChI=1S/C17H18N6O/c1-2-12-6-8-13(9-7-12)20-16-15(21-23-22-16)17(24)19-11-14-5-3-4-10-18-14/h3-10H,2,11H2,1H3,(H,19,24)(H2,20,21,22,23). The summed E-state index contributed by atoms with van der Waals surface area (Å²) in [5, 5.41) is 16.3. The first-order valence-electron chi connectivity index (χ1n) is 7.71. The number of amides is 1. The van der Waals surface area contributed by atoms with E-state index in [4.69, 9.17) is 0 Å². The quantitative estimate of drug-likeness (QED) is 0.648. The number of nitrogens with one attached hydrogen (secondary N) is 3. The molecule has 0 saturated carbocycles. The third-order valence-corrected chi connectivity index (χ3v) is 3.54. The summed E-state index contributed by atoms with van der Waals surface area (Å²) in [6.07, 6.45) is 2.66. The van der Waals surface area contributed by atoms with Crippen molar-refractivity contribution >= 4 is 17.4 Å². The molecular weight excluding hydrogens is 304 g/mol. The lowest BCUT2D eigenvalue weighted by atomic mass is 10.1. The maximum Gasteiger partial charge on any atom is 0.276 e. The van der Waals surface area contributed by atoms with Crippen molar-refractivity contribution in [1.82, 2.24) is 25.7 Å². The smallest absolute Gasteiger partial charge is 0.276 e. The van der Waals surface area contributed by atoms with Gasteiger partial charge in [0.1, 0.15) is 0 Å². The fraction of sp³-hybridized carbons (Fsp3) is 0.176. The van der Waals surface area contributed by atoms with Gasteiger partial charge in [-0.1, -0.05) is 25.1 Å². The number of pyridine rings is 1. The highest BCUT2D eigenvalue weighted by Gasteiger charge is 2.16. The zero-order chi connectivity index (χ0) is 16.8. The third-order valence-electron chi connectivity index (χ3n) is 3.54. The van der Waals surface area contributed by atoms with Crippen LogP contribution in [0.4, 0.5) is 11.5 Å². The summed E-state index contributed by atoms with van der Waals surface area (Å²) in [6.45, 7) is 2.43. The molecule has 0 atom stereocenters. The number of carbonyl (C=O) groups excluding carboxylic acids is 1. The number of nitrogens with zero attached hydrogens (tertiary/aromatic N) is 3. The molecule has 0 bridgehead atoms. The predicted octanol–water partition coefficient (Wildman–Crippen LogP) is 2.44. The number of aryl methyl sites for hydroxylation is 1. The number of anilines is 2.